The number of piperazine rings is 1. The fraction of sp³-hybridized carbons (Fsp3) is 0.483. The Labute approximate surface area is 230 Å². The molecule has 0 amide bonds. The molecule has 3 atom stereocenters. The van der Waals surface area contributed by atoms with Gasteiger partial charge in [-0.3, -0.25) is 9.80 Å². The third-order valence-corrected chi connectivity index (χ3v) is 12.0. The standard InChI is InChI=1S/C29H42N2O3Si.Li/c1-9-17-30-19-22(3)31(20-21(30)2)27(23-13-15-24(16-14-23)28(32)33)25-11-10-12-26(18-25)34-35(7,8)29(4,5)6;/h9-16,18,21-22,27H,1,17,19-20H2,2-8H3,(H,32,33);/q;+1/p-1/t21-,22+,27+;/m0./s1. The average Bonchev–Trinajstić information content (AvgIpc) is 2.77. The summed E-state index contributed by atoms with van der Waals surface area (Å²) in [4.78, 5) is 16.3. The Hall–Kier alpha value is -1.82. The van der Waals surface area contributed by atoms with Crippen LogP contribution >= 0.6 is 0 Å². The third kappa shape index (κ3) is 6.93. The summed E-state index contributed by atoms with van der Waals surface area (Å²) in [6.45, 7) is 22.4. The Morgan fingerprint density at radius 2 is 1.75 bits per heavy atom. The number of carbonyl (C=O) groups is 1. The van der Waals surface area contributed by atoms with E-state index in [1.165, 1.54) is 0 Å². The molecule has 0 unspecified atom stereocenters. The monoisotopic (exact) mass is 500 g/mol. The fourth-order valence-corrected chi connectivity index (χ4v) is 5.60. The number of carboxylic acids is 1. The largest absolute Gasteiger partial charge is 1.00 e. The number of hydrogen-bond donors (Lipinski definition) is 0. The summed E-state index contributed by atoms with van der Waals surface area (Å²) >= 11 is 0. The Morgan fingerprint density at radius 3 is 2.31 bits per heavy atom. The van der Waals surface area contributed by atoms with Gasteiger partial charge in [-0.25, -0.2) is 0 Å². The van der Waals surface area contributed by atoms with Gasteiger partial charge >= 0.3 is 18.9 Å². The quantitative estimate of drug-likeness (QED) is 0.411. The van der Waals surface area contributed by atoms with Gasteiger partial charge in [-0.1, -0.05) is 63.2 Å². The summed E-state index contributed by atoms with van der Waals surface area (Å²) in [6, 6.07) is 16.3. The van der Waals surface area contributed by atoms with Crippen LogP contribution in [-0.4, -0.2) is 55.8 Å². The second kappa shape index (κ2) is 12.2. The molecule has 0 N–H and O–H groups in total. The summed E-state index contributed by atoms with van der Waals surface area (Å²) < 4.78 is 6.64. The number of carbonyl (C=O) groups excluding carboxylic acids is 1. The van der Waals surface area contributed by atoms with Gasteiger partial charge in [0.15, 0.2) is 0 Å². The van der Waals surface area contributed by atoms with E-state index in [1.807, 2.05) is 24.3 Å². The molecule has 3 rings (SSSR count). The molecule has 0 radical (unpaired) electrons. The maximum Gasteiger partial charge on any atom is 1.00 e. The number of aromatic carboxylic acids is 1. The summed E-state index contributed by atoms with van der Waals surface area (Å²) in [7, 11) is -1.99. The average molecular weight is 501 g/mol. The summed E-state index contributed by atoms with van der Waals surface area (Å²) in [5.41, 5.74) is 2.41. The van der Waals surface area contributed by atoms with Crippen LogP contribution in [0.1, 0.15) is 62.1 Å². The van der Waals surface area contributed by atoms with Crippen molar-refractivity contribution < 1.29 is 33.2 Å². The van der Waals surface area contributed by atoms with Gasteiger partial charge in [-0.2, -0.15) is 0 Å². The molecular formula is C29H41LiN2O3Si. The summed E-state index contributed by atoms with van der Waals surface area (Å²) in [5, 5.41) is 11.5. The molecule has 0 spiro atoms. The van der Waals surface area contributed by atoms with Crippen molar-refractivity contribution in [3.05, 3.63) is 77.9 Å². The minimum absolute atomic E-state index is 0. The van der Waals surface area contributed by atoms with Gasteiger partial charge in [0.25, 0.3) is 0 Å². The molecule has 2 aromatic rings. The summed E-state index contributed by atoms with van der Waals surface area (Å²) in [6.07, 6.45) is 1.97. The van der Waals surface area contributed by atoms with Gasteiger partial charge in [0.2, 0.25) is 8.32 Å². The van der Waals surface area contributed by atoms with Crippen LogP contribution in [0.3, 0.4) is 0 Å². The van der Waals surface area contributed by atoms with E-state index in [-0.39, 0.29) is 35.5 Å². The molecule has 0 aliphatic carbocycles. The first-order valence-electron chi connectivity index (χ1n) is 12.5. The van der Waals surface area contributed by atoms with E-state index in [0.29, 0.717) is 12.1 Å². The van der Waals surface area contributed by atoms with Crippen LogP contribution in [-0.2, 0) is 0 Å². The van der Waals surface area contributed by atoms with Gasteiger partial charge < -0.3 is 14.3 Å². The van der Waals surface area contributed by atoms with Gasteiger partial charge in [0.1, 0.15) is 5.75 Å². The second-order valence-corrected chi connectivity index (χ2v) is 16.1. The molecule has 0 bridgehead atoms. The molecule has 1 aliphatic heterocycles. The van der Waals surface area contributed by atoms with Crippen LogP contribution in [0.25, 0.3) is 0 Å². The van der Waals surface area contributed by atoms with Crippen LogP contribution in [0.2, 0.25) is 18.1 Å². The second-order valence-electron chi connectivity index (χ2n) is 11.4. The van der Waals surface area contributed by atoms with E-state index in [1.54, 1.807) is 12.1 Å². The molecule has 1 aliphatic rings. The van der Waals surface area contributed by atoms with E-state index in [4.69, 9.17) is 4.43 Å². The van der Waals surface area contributed by atoms with E-state index < -0.39 is 14.3 Å². The van der Waals surface area contributed by atoms with Crippen LogP contribution < -0.4 is 28.4 Å². The van der Waals surface area contributed by atoms with E-state index in [2.05, 4.69) is 82.3 Å². The maximum absolute atomic E-state index is 11.4. The van der Waals surface area contributed by atoms with Crippen molar-refractivity contribution >= 4 is 14.3 Å². The van der Waals surface area contributed by atoms with Crippen LogP contribution in [0.15, 0.2) is 61.2 Å². The molecule has 36 heavy (non-hydrogen) atoms. The van der Waals surface area contributed by atoms with E-state index >= 15 is 0 Å². The predicted octanol–water partition coefficient (Wildman–Crippen LogP) is 2.11. The Bertz CT molecular complexity index is 1040. The molecule has 1 heterocycles. The number of rotatable bonds is 8. The fourth-order valence-electron chi connectivity index (χ4n) is 4.58. The SMILES string of the molecule is C=CCN1C[C@@H](C)N([C@H](c2ccc(C(=O)[O-])cc2)c2cccc(O[Si](C)(C)C(C)(C)C)c2)C[C@@H]1C.[Li+]. The normalized spacial score (nSPS) is 20.3. The van der Waals surface area contributed by atoms with Crippen LogP contribution in [0, 0.1) is 0 Å². The zero-order valence-electron chi connectivity index (χ0n) is 23.4. The number of nitrogens with zero attached hydrogens (tertiary/aromatic N) is 2. The van der Waals surface area contributed by atoms with Crippen molar-refractivity contribution in [1.29, 1.82) is 0 Å². The van der Waals surface area contributed by atoms with Gasteiger partial charge in [-0.15, -0.1) is 6.58 Å². The zero-order chi connectivity index (χ0) is 26.0. The molecule has 2 aromatic carbocycles. The molecule has 5 nitrogen and oxygen atoms in total. The molecule has 0 aromatic heterocycles. The third-order valence-electron chi connectivity index (χ3n) is 7.67. The molecule has 1 saturated heterocycles. The van der Waals surface area contributed by atoms with Crippen LogP contribution in [0.4, 0.5) is 0 Å². The first-order valence-corrected chi connectivity index (χ1v) is 15.5. The molecule has 1 fully saturated rings. The Morgan fingerprint density at radius 1 is 1.11 bits per heavy atom. The van der Waals surface area contributed by atoms with Gasteiger partial charge in [0.05, 0.1) is 12.0 Å². The van der Waals surface area contributed by atoms with Crippen molar-refractivity contribution in [2.75, 3.05) is 19.6 Å². The smallest absolute Gasteiger partial charge is 0.545 e. The first-order chi connectivity index (χ1) is 16.3. The van der Waals surface area contributed by atoms with Crippen molar-refractivity contribution in [2.45, 2.75) is 70.9 Å². The van der Waals surface area contributed by atoms with E-state index in [0.717, 1.165) is 36.5 Å². The zero-order valence-corrected chi connectivity index (χ0v) is 24.4. The molecule has 190 valence electrons. The maximum atomic E-state index is 11.4. The van der Waals surface area contributed by atoms with Crippen molar-refractivity contribution in [3.63, 3.8) is 0 Å². The topological polar surface area (TPSA) is 55.8 Å². The minimum atomic E-state index is -1.99. The van der Waals surface area contributed by atoms with E-state index in [9.17, 15) is 9.90 Å². The predicted molar refractivity (Wildman–Crippen MR) is 144 cm³/mol. The molecule has 7 heteroatoms. The van der Waals surface area contributed by atoms with Crippen molar-refractivity contribution in [3.8, 4) is 5.75 Å². The number of benzene rings is 2. The van der Waals surface area contributed by atoms with Gasteiger partial charge in [0, 0.05) is 31.7 Å². The molecular weight excluding hydrogens is 459 g/mol. The number of carboxylic acid groups (broad SMARTS) is 1. The van der Waals surface area contributed by atoms with Gasteiger partial charge in [-0.05, 0) is 60.8 Å². The molecule has 0 saturated carbocycles. The Balaban J connectivity index is 0.00000456. The summed E-state index contributed by atoms with van der Waals surface area (Å²) in [5.74, 6) is -0.255. The Kier molecular flexibility index (Phi) is 10.3. The number of hydrogen-bond acceptors (Lipinski definition) is 5. The van der Waals surface area contributed by atoms with Crippen LogP contribution in [0.5, 0.6) is 5.75 Å². The van der Waals surface area contributed by atoms with Crippen molar-refractivity contribution in [1.82, 2.24) is 9.80 Å². The van der Waals surface area contributed by atoms with Crippen molar-refractivity contribution in [2.24, 2.45) is 0 Å². The minimum Gasteiger partial charge on any atom is -0.545 e. The first kappa shape index (κ1) is 30.4.